The van der Waals surface area contributed by atoms with Gasteiger partial charge in [-0.25, -0.2) is 4.39 Å². The number of nitrogen functional groups attached to an aromatic ring is 1. The van der Waals surface area contributed by atoms with E-state index in [9.17, 15) is 9.18 Å². The van der Waals surface area contributed by atoms with Crippen LogP contribution in [0.5, 0.6) is 5.75 Å². The van der Waals surface area contributed by atoms with E-state index in [0.717, 1.165) is 11.6 Å². The third kappa shape index (κ3) is 3.71. The highest BCUT2D eigenvalue weighted by molar-refractivity contribution is 5.90. The van der Waals surface area contributed by atoms with Gasteiger partial charge in [0.05, 0.1) is 0 Å². The van der Waals surface area contributed by atoms with Crippen molar-refractivity contribution in [1.82, 2.24) is 0 Å². The van der Waals surface area contributed by atoms with Gasteiger partial charge in [0, 0.05) is 23.9 Å². The molecule has 2 aromatic rings. The quantitative estimate of drug-likeness (QED) is 0.592. The van der Waals surface area contributed by atoms with E-state index in [4.69, 9.17) is 10.8 Å². The molecule has 0 aliphatic carbocycles. The Balaban J connectivity index is 1.91. The van der Waals surface area contributed by atoms with Crippen LogP contribution in [0, 0.1) is 5.82 Å². The second kappa shape index (κ2) is 6.06. The second-order valence-corrected chi connectivity index (χ2v) is 4.46. The molecule has 2 rings (SSSR count). The number of nitrogens with two attached hydrogens (primary N) is 1. The third-order valence-electron chi connectivity index (χ3n) is 2.82. The highest BCUT2D eigenvalue weighted by Gasteiger charge is 2.06. The predicted molar refractivity (Wildman–Crippen MR) is 75.9 cm³/mol. The smallest absolute Gasteiger partial charge is 0.224 e. The van der Waals surface area contributed by atoms with E-state index in [1.807, 2.05) is 18.2 Å². The number of aryl methyl sites for hydroxylation is 1. The number of rotatable bonds is 4. The predicted octanol–water partition coefficient (Wildman–Crippen LogP) is 2.68. The lowest BCUT2D eigenvalue weighted by molar-refractivity contribution is -0.116. The van der Waals surface area contributed by atoms with E-state index in [-0.39, 0.29) is 12.3 Å². The van der Waals surface area contributed by atoms with Crippen LogP contribution in [0.2, 0.25) is 0 Å². The normalized spacial score (nSPS) is 10.2. The highest BCUT2D eigenvalue weighted by Crippen LogP contribution is 2.19. The van der Waals surface area contributed by atoms with Gasteiger partial charge in [0.15, 0.2) is 11.6 Å². The van der Waals surface area contributed by atoms with E-state index >= 15 is 0 Å². The van der Waals surface area contributed by atoms with E-state index in [1.165, 1.54) is 12.1 Å². The van der Waals surface area contributed by atoms with Crippen molar-refractivity contribution < 1.29 is 14.3 Å². The molecular formula is C15H15FN2O2. The topological polar surface area (TPSA) is 75.4 Å². The average Bonchev–Trinajstić information content (AvgIpc) is 2.41. The first-order chi connectivity index (χ1) is 9.54. The number of phenolic OH excluding ortho intramolecular Hbond substituents is 1. The lowest BCUT2D eigenvalue weighted by Gasteiger charge is -2.06. The number of halogens is 1. The van der Waals surface area contributed by atoms with Crippen molar-refractivity contribution in [3.63, 3.8) is 0 Å². The zero-order chi connectivity index (χ0) is 14.5. The minimum Gasteiger partial charge on any atom is -0.505 e. The van der Waals surface area contributed by atoms with Gasteiger partial charge in [-0.15, -0.1) is 0 Å². The number of hydrogen-bond donors (Lipinski definition) is 3. The van der Waals surface area contributed by atoms with Gasteiger partial charge in [-0.2, -0.15) is 0 Å². The van der Waals surface area contributed by atoms with Crippen LogP contribution >= 0.6 is 0 Å². The molecule has 0 bridgehead atoms. The summed E-state index contributed by atoms with van der Waals surface area (Å²) in [6.45, 7) is 0. The van der Waals surface area contributed by atoms with Crippen LogP contribution in [0.25, 0.3) is 0 Å². The number of carbonyl (C=O) groups is 1. The maximum absolute atomic E-state index is 13.1. The van der Waals surface area contributed by atoms with Crippen molar-refractivity contribution >= 4 is 17.3 Å². The fourth-order valence-corrected chi connectivity index (χ4v) is 1.81. The molecular weight excluding hydrogens is 259 g/mol. The molecule has 20 heavy (non-hydrogen) atoms. The summed E-state index contributed by atoms with van der Waals surface area (Å²) in [4.78, 5) is 11.7. The molecule has 2 aromatic carbocycles. The van der Waals surface area contributed by atoms with Crippen LogP contribution in [0.1, 0.15) is 12.0 Å². The number of carbonyl (C=O) groups excluding carboxylic acids is 1. The lowest BCUT2D eigenvalue weighted by Crippen LogP contribution is -2.12. The fourth-order valence-electron chi connectivity index (χ4n) is 1.81. The van der Waals surface area contributed by atoms with Crippen molar-refractivity contribution in [2.75, 3.05) is 11.1 Å². The Hall–Kier alpha value is -2.56. The summed E-state index contributed by atoms with van der Waals surface area (Å²) in [7, 11) is 0. The first kappa shape index (κ1) is 13.9. The van der Waals surface area contributed by atoms with Crippen molar-refractivity contribution in [3.05, 3.63) is 53.8 Å². The average molecular weight is 274 g/mol. The Morgan fingerprint density at radius 3 is 2.75 bits per heavy atom. The van der Waals surface area contributed by atoms with E-state index in [1.54, 1.807) is 6.07 Å². The van der Waals surface area contributed by atoms with Crippen LogP contribution in [0.15, 0.2) is 42.5 Å². The molecule has 1 amide bonds. The second-order valence-electron chi connectivity index (χ2n) is 4.46. The molecule has 4 N–H and O–H groups in total. The summed E-state index contributed by atoms with van der Waals surface area (Å²) in [5, 5.41) is 11.6. The van der Waals surface area contributed by atoms with Crippen molar-refractivity contribution in [1.29, 1.82) is 0 Å². The molecule has 5 heteroatoms. The molecule has 104 valence electrons. The number of aromatic hydroxyl groups is 1. The van der Waals surface area contributed by atoms with E-state index in [2.05, 4.69) is 5.32 Å². The third-order valence-corrected chi connectivity index (χ3v) is 2.82. The summed E-state index contributed by atoms with van der Waals surface area (Å²) >= 11 is 0. The van der Waals surface area contributed by atoms with Crippen LogP contribution in [-0.4, -0.2) is 11.0 Å². The van der Waals surface area contributed by atoms with Gasteiger partial charge >= 0.3 is 0 Å². The summed E-state index contributed by atoms with van der Waals surface area (Å²) < 4.78 is 13.1. The van der Waals surface area contributed by atoms with Gasteiger partial charge in [0.25, 0.3) is 0 Å². The molecule has 0 atom stereocenters. The molecule has 0 aromatic heterocycles. The van der Waals surface area contributed by atoms with Crippen LogP contribution in [-0.2, 0) is 11.2 Å². The summed E-state index contributed by atoms with van der Waals surface area (Å²) in [6.07, 6.45) is 0.823. The standard InChI is InChI=1S/C15H15FN2O2/c16-13-9-12(5-6-14(13)19)18-15(20)7-4-10-2-1-3-11(17)8-10/h1-3,5-6,8-9,19H,4,7,17H2,(H,18,20). The molecule has 4 nitrogen and oxygen atoms in total. The van der Waals surface area contributed by atoms with E-state index in [0.29, 0.717) is 17.8 Å². The number of benzene rings is 2. The van der Waals surface area contributed by atoms with Crippen LogP contribution in [0.4, 0.5) is 15.8 Å². The Morgan fingerprint density at radius 1 is 1.25 bits per heavy atom. The molecule has 0 aliphatic rings. The number of hydrogen-bond acceptors (Lipinski definition) is 3. The number of phenols is 1. The molecule has 0 saturated heterocycles. The highest BCUT2D eigenvalue weighted by atomic mass is 19.1. The molecule has 0 fully saturated rings. The minimum absolute atomic E-state index is 0.225. The van der Waals surface area contributed by atoms with Gasteiger partial charge in [-0.05, 0) is 36.2 Å². The molecule has 0 saturated carbocycles. The summed E-state index contributed by atoms with van der Waals surface area (Å²) in [6, 6.07) is 11.0. The Bertz CT molecular complexity index is 629. The lowest BCUT2D eigenvalue weighted by atomic mass is 10.1. The van der Waals surface area contributed by atoms with E-state index < -0.39 is 11.6 Å². The molecule has 0 spiro atoms. The maximum atomic E-state index is 13.1. The largest absolute Gasteiger partial charge is 0.505 e. The van der Waals surface area contributed by atoms with Crippen molar-refractivity contribution in [3.8, 4) is 5.75 Å². The Morgan fingerprint density at radius 2 is 2.05 bits per heavy atom. The first-order valence-corrected chi connectivity index (χ1v) is 6.17. The number of anilines is 2. The first-order valence-electron chi connectivity index (χ1n) is 6.17. The summed E-state index contributed by atoms with van der Waals surface area (Å²) in [5.74, 6) is -1.43. The van der Waals surface area contributed by atoms with Crippen LogP contribution in [0.3, 0.4) is 0 Å². The van der Waals surface area contributed by atoms with Gasteiger partial charge < -0.3 is 16.2 Å². The molecule has 0 unspecified atom stereocenters. The Labute approximate surface area is 116 Å². The molecule has 0 heterocycles. The number of nitrogens with one attached hydrogen (secondary N) is 1. The number of amides is 1. The fraction of sp³-hybridized carbons (Fsp3) is 0.133. The molecule has 0 aliphatic heterocycles. The van der Waals surface area contributed by atoms with Gasteiger partial charge in [0.2, 0.25) is 5.91 Å². The van der Waals surface area contributed by atoms with Crippen molar-refractivity contribution in [2.24, 2.45) is 0 Å². The van der Waals surface area contributed by atoms with Crippen LogP contribution < -0.4 is 11.1 Å². The monoisotopic (exact) mass is 274 g/mol. The minimum atomic E-state index is -0.765. The maximum Gasteiger partial charge on any atom is 0.224 e. The van der Waals surface area contributed by atoms with Gasteiger partial charge in [-0.3, -0.25) is 4.79 Å². The Kier molecular flexibility index (Phi) is 4.20. The van der Waals surface area contributed by atoms with Gasteiger partial charge in [-0.1, -0.05) is 12.1 Å². The molecule has 0 radical (unpaired) electrons. The zero-order valence-corrected chi connectivity index (χ0v) is 10.8. The zero-order valence-electron chi connectivity index (χ0n) is 10.8. The SMILES string of the molecule is Nc1cccc(CCC(=O)Nc2ccc(O)c(F)c2)c1. The summed E-state index contributed by atoms with van der Waals surface area (Å²) in [5.41, 5.74) is 7.60. The van der Waals surface area contributed by atoms with Crippen molar-refractivity contribution in [2.45, 2.75) is 12.8 Å². The van der Waals surface area contributed by atoms with Gasteiger partial charge in [0.1, 0.15) is 0 Å².